The quantitative estimate of drug-likeness (QED) is 0.765. The van der Waals surface area contributed by atoms with Crippen LogP contribution in [0.3, 0.4) is 0 Å². The van der Waals surface area contributed by atoms with Gasteiger partial charge in [0, 0.05) is 13.7 Å². The number of ether oxygens (including phenoxy) is 2. The van der Waals surface area contributed by atoms with E-state index in [0.29, 0.717) is 19.6 Å². The monoisotopic (exact) mass is 423 g/mol. The average molecular weight is 423 g/mol. The van der Waals surface area contributed by atoms with Crippen LogP contribution in [0, 0.1) is 12.7 Å². The number of likely N-dealkylation sites (N-methyl/N-ethyl adjacent to an activating group) is 1. The third-order valence-corrected chi connectivity index (χ3v) is 6.68. The molecule has 0 bridgehead atoms. The zero-order chi connectivity index (χ0) is 21.2. The standard InChI is InChI=1S/C19H22FN3O5S/c1-12-16(20)5-7-18(21-12)22-19(24)15-10-14(4-6-17(15)27-3)29(25,26)23(2)13-8-9-28-11-13/h4-7,10,13H,8-9,11H2,1-3H3,(H,21,22,24)/t13-/m0/s1. The van der Waals surface area contributed by atoms with Crippen molar-refractivity contribution in [3.05, 3.63) is 47.4 Å². The normalized spacial score (nSPS) is 16.8. The highest BCUT2D eigenvalue weighted by molar-refractivity contribution is 7.89. The van der Waals surface area contributed by atoms with E-state index in [9.17, 15) is 17.6 Å². The number of carbonyl (C=O) groups is 1. The highest BCUT2D eigenvalue weighted by Crippen LogP contribution is 2.27. The molecule has 1 amide bonds. The Morgan fingerprint density at radius 3 is 2.72 bits per heavy atom. The van der Waals surface area contributed by atoms with Gasteiger partial charge in [-0.25, -0.2) is 17.8 Å². The molecule has 0 spiro atoms. The van der Waals surface area contributed by atoms with Gasteiger partial charge in [-0.2, -0.15) is 4.31 Å². The van der Waals surface area contributed by atoms with Crippen molar-refractivity contribution in [2.24, 2.45) is 0 Å². The molecule has 1 fully saturated rings. The zero-order valence-electron chi connectivity index (χ0n) is 16.3. The third kappa shape index (κ3) is 4.39. The minimum Gasteiger partial charge on any atom is -0.496 e. The summed E-state index contributed by atoms with van der Waals surface area (Å²) in [6.45, 7) is 2.31. The summed E-state index contributed by atoms with van der Waals surface area (Å²) in [5.74, 6) is -0.770. The van der Waals surface area contributed by atoms with Crippen LogP contribution < -0.4 is 10.1 Å². The number of nitrogens with zero attached hydrogens (tertiary/aromatic N) is 2. The summed E-state index contributed by atoms with van der Waals surface area (Å²) in [5, 5.41) is 2.54. The molecule has 0 radical (unpaired) electrons. The van der Waals surface area contributed by atoms with Gasteiger partial charge in [-0.05, 0) is 43.7 Å². The highest BCUT2D eigenvalue weighted by atomic mass is 32.2. The van der Waals surface area contributed by atoms with E-state index < -0.39 is 21.7 Å². The fourth-order valence-electron chi connectivity index (χ4n) is 2.99. The Morgan fingerprint density at radius 1 is 1.34 bits per heavy atom. The van der Waals surface area contributed by atoms with E-state index in [0.717, 1.165) is 0 Å². The Morgan fingerprint density at radius 2 is 2.10 bits per heavy atom. The second kappa shape index (κ2) is 8.44. The van der Waals surface area contributed by atoms with Crippen molar-refractivity contribution in [1.29, 1.82) is 0 Å². The van der Waals surface area contributed by atoms with Crippen LogP contribution in [-0.2, 0) is 14.8 Å². The number of benzene rings is 1. The molecule has 1 aliphatic rings. The summed E-state index contributed by atoms with van der Waals surface area (Å²) < 4.78 is 51.1. The van der Waals surface area contributed by atoms with E-state index in [1.165, 1.54) is 55.7 Å². The van der Waals surface area contributed by atoms with Gasteiger partial charge in [0.15, 0.2) is 0 Å². The molecule has 1 saturated heterocycles. The number of amides is 1. The number of aromatic nitrogens is 1. The third-order valence-electron chi connectivity index (χ3n) is 4.78. The van der Waals surface area contributed by atoms with Gasteiger partial charge >= 0.3 is 0 Å². The van der Waals surface area contributed by atoms with Crippen LogP contribution in [-0.4, -0.2) is 57.0 Å². The van der Waals surface area contributed by atoms with Crippen molar-refractivity contribution in [3.63, 3.8) is 0 Å². The largest absolute Gasteiger partial charge is 0.496 e. The number of pyridine rings is 1. The first kappa shape index (κ1) is 21.2. The fraction of sp³-hybridized carbons (Fsp3) is 0.368. The molecule has 1 aliphatic heterocycles. The van der Waals surface area contributed by atoms with Crippen LogP contribution in [0.15, 0.2) is 35.2 Å². The SMILES string of the molecule is COc1ccc(S(=O)(=O)N(C)[C@H]2CCOC2)cc1C(=O)Nc1ccc(F)c(C)n1. The Hall–Kier alpha value is -2.56. The second-order valence-electron chi connectivity index (χ2n) is 6.62. The molecule has 1 aromatic carbocycles. The molecule has 2 aromatic rings. The Labute approximate surface area is 168 Å². The number of methoxy groups -OCH3 is 1. The van der Waals surface area contributed by atoms with E-state index in [1.807, 2.05) is 0 Å². The molecular formula is C19H22FN3O5S. The predicted molar refractivity (Wildman–Crippen MR) is 104 cm³/mol. The van der Waals surface area contributed by atoms with Crippen LogP contribution in [0.5, 0.6) is 5.75 Å². The summed E-state index contributed by atoms with van der Waals surface area (Å²) in [6.07, 6.45) is 0.606. The Kier molecular flexibility index (Phi) is 6.15. The molecule has 1 N–H and O–H groups in total. The summed E-state index contributed by atoms with van der Waals surface area (Å²) in [6, 6.07) is 6.31. The molecule has 0 saturated carbocycles. The number of aryl methyl sites for hydroxylation is 1. The van der Waals surface area contributed by atoms with Gasteiger partial charge in [0.2, 0.25) is 10.0 Å². The maximum absolute atomic E-state index is 13.4. The summed E-state index contributed by atoms with van der Waals surface area (Å²) in [4.78, 5) is 16.7. The van der Waals surface area contributed by atoms with Gasteiger partial charge in [0.25, 0.3) is 5.91 Å². The molecule has 156 valence electrons. The number of rotatable bonds is 6. The summed E-state index contributed by atoms with van der Waals surface area (Å²) >= 11 is 0. The summed E-state index contributed by atoms with van der Waals surface area (Å²) in [7, 11) is -0.969. The van der Waals surface area contributed by atoms with Crippen molar-refractivity contribution < 1.29 is 27.1 Å². The van der Waals surface area contributed by atoms with E-state index in [1.54, 1.807) is 0 Å². The minimum atomic E-state index is -3.84. The number of carbonyl (C=O) groups excluding carboxylic acids is 1. The smallest absolute Gasteiger partial charge is 0.260 e. The first-order valence-electron chi connectivity index (χ1n) is 8.92. The molecule has 0 unspecified atom stereocenters. The first-order valence-corrected chi connectivity index (χ1v) is 10.4. The molecule has 2 heterocycles. The van der Waals surface area contributed by atoms with Crippen molar-refractivity contribution in [1.82, 2.24) is 9.29 Å². The van der Waals surface area contributed by atoms with Crippen molar-refractivity contribution in [3.8, 4) is 5.75 Å². The second-order valence-corrected chi connectivity index (χ2v) is 8.62. The first-order chi connectivity index (χ1) is 13.7. The lowest BCUT2D eigenvalue weighted by Gasteiger charge is -2.23. The lowest BCUT2D eigenvalue weighted by Crippen LogP contribution is -2.37. The zero-order valence-corrected chi connectivity index (χ0v) is 17.1. The Bertz CT molecular complexity index is 1020. The minimum absolute atomic E-state index is 0.0217. The van der Waals surface area contributed by atoms with Gasteiger partial charge in [0.05, 0.1) is 35.9 Å². The van der Waals surface area contributed by atoms with E-state index in [-0.39, 0.29) is 33.8 Å². The van der Waals surface area contributed by atoms with Gasteiger partial charge in [-0.3, -0.25) is 4.79 Å². The number of nitrogens with one attached hydrogen (secondary N) is 1. The molecular weight excluding hydrogens is 401 g/mol. The van der Waals surface area contributed by atoms with Crippen LogP contribution in [0.2, 0.25) is 0 Å². The van der Waals surface area contributed by atoms with E-state index in [2.05, 4.69) is 10.3 Å². The maximum Gasteiger partial charge on any atom is 0.260 e. The van der Waals surface area contributed by atoms with E-state index >= 15 is 0 Å². The van der Waals surface area contributed by atoms with Crippen LogP contribution in [0.25, 0.3) is 0 Å². The van der Waals surface area contributed by atoms with Gasteiger partial charge in [0.1, 0.15) is 17.4 Å². The summed E-state index contributed by atoms with van der Waals surface area (Å²) in [5.41, 5.74) is 0.153. The van der Waals surface area contributed by atoms with Crippen LogP contribution in [0.1, 0.15) is 22.5 Å². The molecule has 3 rings (SSSR count). The van der Waals surface area contributed by atoms with E-state index in [4.69, 9.17) is 9.47 Å². The fourth-order valence-corrected chi connectivity index (χ4v) is 4.39. The molecule has 29 heavy (non-hydrogen) atoms. The molecule has 8 nitrogen and oxygen atoms in total. The van der Waals surface area contributed by atoms with Gasteiger partial charge < -0.3 is 14.8 Å². The topological polar surface area (TPSA) is 97.8 Å². The molecule has 1 aromatic heterocycles. The highest BCUT2D eigenvalue weighted by Gasteiger charge is 2.31. The maximum atomic E-state index is 13.4. The van der Waals surface area contributed by atoms with Crippen LogP contribution >= 0.6 is 0 Å². The number of halogens is 1. The van der Waals surface area contributed by atoms with Gasteiger partial charge in [-0.1, -0.05) is 0 Å². The average Bonchev–Trinajstić information content (AvgIpc) is 3.24. The molecule has 0 aliphatic carbocycles. The molecule has 10 heteroatoms. The van der Waals surface area contributed by atoms with Gasteiger partial charge in [-0.15, -0.1) is 0 Å². The number of hydrogen-bond acceptors (Lipinski definition) is 6. The van der Waals surface area contributed by atoms with Crippen molar-refractivity contribution >= 4 is 21.7 Å². The number of anilines is 1. The predicted octanol–water partition coefficient (Wildman–Crippen LogP) is 2.20. The number of hydrogen-bond donors (Lipinski definition) is 1. The molecule has 1 atom stereocenters. The lowest BCUT2D eigenvalue weighted by atomic mass is 10.2. The van der Waals surface area contributed by atoms with Crippen molar-refractivity contribution in [2.45, 2.75) is 24.3 Å². The Balaban J connectivity index is 1.91. The van der Waals surface area contributed by atoms with Crippen LogP contribution in [0.4, 0.5) is 10.2 Å². The lowest BCUT2D eigenvalue weighted by molar-refractivity contribution is 0.102. The number of sulfonamides is 1. The van der Waals surface area contributed by atoms with Crippen molar-refractivity contribution in [2.75, 3.05) is 32.7 Å².